The number of anilines is 4. The van der Waals surface area contributed by atoms with Crippen molar-refractivity contribution in [1.82, 2.24) is 0 Å². The van der Waals surface area contributed by atoms with Gasteiger partial charge in [0.15, 0.2) is 11.6 Å². The van der Waals surface area contributed by atoms with Crippen molar-refractivity contribution in [3.05, 3.63) is 139 Å². The maximum absolute atomic E-state index is 13.3. The minimum absolute atomic E-state index is 0.0598. The number of nitrogens with one attached hydrogen (secondary N) is 4. The van der Waals surface area contributed by atoms with Gasteiger partial charge in [-0.2, -0.15) is 20.5 Å². The summed E-state index contributed by atoms with van der Waals surface area (Å²) in [5, 5.41) is 25.6. The molecule has 4 N–H and O–H groups in total. The number of rotatable bonds is 16. The van der Waals surface area contributed by atoms with Gasteiger partial charge in [-0.1, -0.05) is 70.7 Å². The van der Waals surface area contributed by atoms with E-state index < -0.39 is 47.3 Å². The Bertz CT molecular complexity index is 2530. The maximum Gasteiger partial charge on any atom is 0.258 e. The first-order valence-corrected chi connectivity index (χ1v) is 21.3. The monoisotopic (exact) mass is 982 g/mol. The van der Waals surface area contributed by atoms with Gasteiger partial charge < -0.3 is 21.3 Å². The molecule has 4 amide bonds. The van der Waals surface area contributed by atoms with E-state index in [2.05, 4.69) is 41.7 Å². The zero-order valence-electron chi connectivity index (χ0n) is 34.1. The number of ketones is 2. The predicted molar refractivity (Wildman–Crippen MR) is 252 cm³/mol. The number of carbonyl (C=O) groups excluding carboxylic acids is 6. The van der Waals surface area contributed by atoms with Crippen molar-refractivity contribution in [3.63, 3.8) is 0 Å². The summed E-state index contributed by atoms with van der Waals surface area (Å²) in [6.45, 7) is 5.85. The summed E-state index contributed by atoms with van der Waals surface area (Å²) in [6.07, 6.45) is 0. The molecule has 0 spiro atoms. The van der Waals surface area contributed by atoms with Crippen molar-refractivity contribution in [1.29, 1.82) is 0 Å². The number of benzene rings is 5. The Hall–Kier alpha value is -5.74. The lowest BCUT2D eigenvalue weighted by molar-refractivity contribution is -0.127. The molecule has 64 heavy (non-hydrogen) atoms. The Morgan fingerprint density at radius 1 is 0.500 bits per heavy atom. The van der Waals surface area contributed by atoms with Gasteiger partial charge in [0.1, 0.15) is 0 Å². The van der Waals surface area contributed by atoms with Crippen LogP contribution in [0.25, 0.3) is 0 Å². The molecule has 0 aliphatic heterocycles. The first kappa shape index (κ1) is 49.3. The van der Waals surface area contributed by atoms with E-state index in [1.807, 2.05) is 12.1 Å². The molecule has 0 heterocycles. The quantitative estimate of drug-likeness (QED) is 0.0430. The highest BCUT2D eigenvalue weighted by atomic mass is 35.5. The largest absolute Gasteiger partial charge is 0.322 e. The number of Topliss-reactive ketones (excluding diaryl/α,β-unsaturated/α-hetero) is 2. The van der Waals surface area contributed by atoms with Gasteiger partial charge in [-0.3, -0.25) is 28.8 Å². The van der Waals surface area contributed by atoms with Crippen LogP contribution in [-0.4, -0.2) is 47.3 Å². The third-order valence-electron chi connectivity index (χ3n) is 8.94. The minimum Gasteiger partial charge on any atom is -0.322 e. The molecule has 0 radical (unpaired) electrons. The van der Waals surface area contributed by atoms with E-state index >= 15 is 0 Å². The minimum atomic E-state index is -1.67. The summed E-state index contributed by atoms with van der Waals surface area (Å²) in [5.74, 6) is -4.28. The van der Waals surface area contributed by atoms with Crippen molar-refractivity contribution >= 4 is 139 Å². The molecule has 0 saturated carbocycles. The molecule has 14 nitrogen and oxygen atoms in total. The van der Waals surface area contributed by atoms with E-state index in [4.69, 9.17) is 69.6 Å². The van der Waals surface area contributed by atoms with Gasteiger partial charge in [0, 0.05) is 32.5 Å². The Morgan fingerprint density at radius 2 is 0.875 bits per heavy atom. The lowest BCUT2D eigenvalue weighted by Crippen LogP contribution is -2.32. The van der Waals surface area contributed by atoms with Gasteiger partial charge >= 0.3 is 0 Å². The topological polar surface area (TPSA) is 200 Å². The second-order valence-electron chi connectivity index (χ2n) is 14.0. The molecule has 20 heteroatoms. The standard InChI is InChI=1S/C44H36Cl6N8O6/c1-21(45)25-7-5-9-31(15-25)51-41(61)27-13-29(47)19-33(17-27)55-57-39(23(3)59)43(63)53-35-11-12-36(38(50)37(35)49)54-44(64)40(24(4)60)58-56-34-18-28(14-30(48)20-34)42(62)52-32-10-6-8-26(16-32)22(2)46/h5-22,39-40H,1-4H3,(H,51,61)(H,52,62)(H,53,63)(H,54,64). The molecular formula is C44H36Cl6N8O6. The summed E-state index contributed by atoms with van der Waals surface area (Å²) >= 11 is 37.9. The molecule has 4 atom stereocenters. The summed E-state index contributed by atoms with van der Waals surface area (Å²) in [7, 11) is 0. The molecule has 0 bridgehead atoms. The van der Waals surface area contributed by atoms with Gasteiger partial charge in [-0.25, -0.2) is 0 Å². The Balaban J connectivity index is 1.26. The van der Waals surface area contributed by atoms with Crippen molar-refractivity contribution in [2.45, 2.75) is 50.5 Å². The average Bonchev–Trinajstić information content (AvgIpc) is 3.23. The summed E-state index contributed by atoms with van der Waals surface area (Å²) in [6, 6.07) is 21.6. The molecule has 5 aromatic carbocycles. The number of azo groups is 2. The van der Waals surface area contributed by atoms with Crippen LogP contribution in [0.15, 0.2) is 118 Å². The molecule has 0 fully saturated rings. The van der Waals surface area contributed by atoms with Crippen LogP contribution in [0, 0.1) is 0 Å². The van der Waals surface area contributed by atoms with E-state index in [0.717, 1.165) is 25.0 Å². The van der Waals surface area contributed by atoms with Crippen LogP contribution in [-0.2, 0) is 19.2 Å². The number of hydrogen-bond donors (Lipinski definition) is 4. The van der Waals surface area contributed by atoms with Gasteiger partial charge in [-0.15, -0.1) is 23.2 Å². The van der Waals surface area contributed by atoms with E-state index in [1.54, 1.807) is 50.2 Å². The Kier molecular flexibility index (Phi) is 17.1. The molecule has 0 saturated heterocycles. The van der Waals surface area contributed by atoms with Crippen molar-refractivity contribution in [3.8, 4) is 0 Å². The highest BCUT2D eigenvalue weighted by molar-refractivity contribution is 6.46. The maximum atomic E-state index is 13.3. The molecule has 4 unspecified atom stereocenters. The molecule has 330 valence electrons. The van der Waals surface area contributed by atoms with Gasteiger partial charge in [0.2, 0.25) is 12.1 Å². The van der Waals surface area contributed by atoms with E-state index in [0.29, 0.717) is 11.4 Å². The third kappa shape index (κ3) is 13.4. The number of carbonyl (C=O) groups is 6. The van der Waals surface area contributed by atoms with Crippen LogP contribution < -0.4 is 21.3 Å². The van der Waals surface area contributed by atoms with Crippen LogP contribution >= 0.6 is 69.6 Å². The highest BCUT2D eigenvalue weighted by Crippen LogP contribution is 2.37. The van der Waals surface area contributed by atoms with Crippen molar-refractivity contribution in [2.24, 2.45) is 20.5 Å². The van der Waals surface area contributed by atoms with E-state index in [1.165, 1.54) is 48.5 Å². The number of hydrogen-bond acceptors (Lipinski definition) is 10. The van der Waals surface area contributed by atoms with E-state index in [-0.39, 0.29) is 64.7 Å². The molecule has 0 aliphatic rings. The predicted octanol–water partition coefficient (Wildman–Crippen LogP) is 12.8. The third-order valence-corrected chi connectivity index (χ3v) is 10.8. The van der Waals surface area contributed by atoms with Gasteiger partial charge in [-0.05, 0) is 112 Å². The fourth-order valence-corrected chi connectivity index (χ4v) is 6.84. The number of halogens is 6. The van der Waals surface area contributed by atoms with Crippen LogP contribution in [0.1, 0.15) is 70.3 Å². The van der Waals surface area contributed by atoms with Gasteiger partial charge in [0.05, 0.1) is 43.5 Å². The number of alkyl halides is 2. The molecular weight excluding hydrogens is 949 g/mol. The highest BCUT2D eigenvalue weighted by Gasteiger charge is 2.27. The SMILES string of the molecule is CC(=O)C(N=Nc1cc(Cl)cc(C(=O)Nc2cccc(C(C)Cl)c2)c1)C(=O)Nc1ccc(NC(=O)C(N=Nc2cc(Cl)cc(C(=O)Nc3cccc(C(C)Cl)c3)c2)C(C)=O)c(Cl)c1Cl. The zero-order valence-corrected chi connectivity index (χ0v) is 38.6. The van der Waals surface area contributed by atoms with E-state index in [9.17, 15) is 28.8 Å². The van der Waals surface area contributed by atoms with Crippen LogP contribution in [0.2, 0.25) is 20.1 Å². The fourth-order valence-electron chi connectivity index (χ4n) is 5.69. The van der Waals surface area contributed by atoms with Crippen LogP contribution in [0.5, 0.6) is 0 Å². The Morgan fingerprint density at radius 3 is 1.22 bits per heavy atom. The van der Waals surface area contributed by atoms with Crippen LogP contribution in [0.3, 0.4) is 0 Å². The normalized spacial score (nSPS) is 13.2. The zero-order chi connectivity index (χ0) is 46.8. The van der Waals surface area contributed by atoms with Gasteiger partial charge in [0.25, 0.3) is 23.6 Å². The lowest BCUT2D eigenvalue weighted by atomic mass is 10.1. The lowest BCUT2D eigenvalue weighted by Gasteiger charge is -2.15. The first-order chi connectivity index (χ1) is 30.3. The Labute approximate surface area is 397 Å². The average molecular weight is 986 g/mol. The molecule has 5 aromatic rings. The summed E-state index contributed by atoms with van der Waals surface area (Å²) in [4.78, 5) is 77.9. The molecule has 0 aliphatic carbocycles. The smallest absolute Gasteiger partial charge is 0.258 e. The molecule has 0 aromatic heterocycles. The van der Waals surface area contributed by atoms with Crippen LogP contribution in [0.4, 0.5) is 34.1 Å². The summed E-state index contributed by atoms with van der Waals surface area (Å²) in [5.41, 5.74) is 2.87. The summed E-state index contributed by atoms with van der Waals surface area (Å²) < 4.78 is 0. The first-order valence-electron chi connectivity index (χ1n) is 18.9. The molecule has 5 rings (SSSR count). The second-order valence-corrected chi connectivity index (χ2v) is 16.9. The van der Waals surface area contributed by atoms with Crippen molar-refractivity contribution < 1.29 is 28.8 Å². The second kappa shape index (κ2) is 22.2. The number of amides is 4. The fraction of sp³-hybridized carbons (Fsp3) is 0.182. The number of nitrogens with zero attached hydrogens (tertiary/aromatic N) is 4. The van der Waals surface area contributed by atoms with Crippen molar-refractivity contribution in [2.75, 3.05) is 21.3 Å².